The molecule has 1 amide bonds. The topological polar surface area (TPSA) is 88.3 Å². The number of nitrogens with one attached hydrogen (secondary N) is 2. The van der Waals surface area contributed by atoms with E-state index in [2.05, 4.69) is 10.3 Å². The third kappa shape index (κ3) is 3.91. The van der Waals surface area contributed by atoms with Crippen molar-refractivity contribution in [2.75, 3.05) is 6.61 Å². The Kier molecular flexibility index (Phi) is 5.56. The summed E-state index contributed by atoms with van der Waals surface area (Å²) in [5, 5.41) is 4.70. The van der Waals surface area contributed by atoms with Crippen LogP contribution in [0, 0.1) is 13.8 Å². The highest BCUT2D eigenvalue weighted by molar-refractivity contribution is 7.10. The Labute approximate surface area is 144 Å². The largest absolute Gasteiger partial charge is 0.451 e. The molecule has 2 N–H and O–H groups in total. The van der Waals surface area contributed by atoms with Crippen molar-refractivity contribution in [1.29, 1.82) is 0 Å². The summed E-state index contributed by atoms with van der Waals surface area (Å²) >= 11 is 1.54. The Morgan fingerprint density at radius 2 is 2.04 bits per heavy atom. The molecule has 0 saturated heterocycles. The van der Waals surface area contributed by atoms with Crippen LogP contribution in [0.3, 0.4) is 0 Å². The number of hydrogen-bond acceptors (Lipinski definition) is 5. The molecule has 2 aromatic rings. The van der Waals surface area contributed by atoms with Crippen LogP contribution in [0.4, 0.5) is 0 Å². The van der Waals surface area contributed by atoms with Crippen LogP contribution in [0.15, 0.2) is 17.5 Å². The highest BCUT2D eigenvalue weighted by Crippen LogP contribution is 2.20. The van der Waals surface area contributed by atoms with Gasteiger partial charge in [0.1, 0.15) is 5.69 Å². The first kappa shape index (κ1) is 17.9. The number of hydrogen-bond donors (Lipinski definition) is 2. The van der Waals surface area contributed by atoms with Crippen LogP contribution in [-0.2, 0) is 9.53 Å². The van der Waals surface area contributed by atoms with Gasteiger partial charge in [0.25, 0.3) is 5.91 Å². The molecule has 128 valence electrons. The average molecular weight is 348 g/mol. The van der Waals surface area contributed by atoms with Crippen molar-refractivity contribution < 1.29 is 19.1 Å². The Balaban J connectivity index is 1.95. The van der Waals surface area contributed by atoms with Crippen LogP contribution in [0.2, 0.25) is 0 Å². The number of Topliss-reactive ketones (excluding diaryl/α,β-unsaturated/α-hetero) is 1. The second-order valence-corrected chi connectivity index (χ2v) is 6.54. The average Bonchev–Trinajstić information content (AvgIpc) is 3.12. The van der Waals surface area contributed by atoms with Crippen LogP contribution < -0.4 is 5.32 Å². The number of carbonyl (C=O) groups excluding carboxylic acids is 3. The molecule has 0 aliphatic heterocycles. The van der Waals surface area contributed by atoms with Crippen molar-refractivity contribution in [2.24, 2.45) is 0 Å². The van der Waals surface area contributed by atoms with Crippen LogP contribution in [0.1, 0.15) is 56.9 Å². The van der Waals surface area contributed by atoms with E-state index in [9.17, 15) is 14.4 Å². The van der Waals surface area contributed by atoms with Gasteiger partial charge in [0.2, 0.25) is 0 Å². The lowest BCUT2D eigenvalue weighted by atomic mass is 10.1. The summed E-state index contributed by atoms with van der Waals surface area (Å²) in [5.74, 6) is -1.15. The van der Waals surface area contributed by atoms with Crippen molar-refractivity contribution in [2.45, 2.75) is 33.7 Å². The lowest BCUT2D eigenvalue weighted by molar-refractivity contribution is -0.124. The van der Waals surface area contributed by atoms with Crippen LogP contribution in [0.25, 0.3) is 0 Å². The van der Waals surface area contributed by atoms with Gasteiger partial charge in [-0.05, 0) is 44.7 Å². The first-order valence-corrected chi connectivity index (χ1v) is 8.39. The van der Waals surface area contributed by atoms with Gasteiger partial charge >= 0.3 is 5.97 Å². The molecule has 0 unspecified atom stereocenters. The SMILES string of the molecule is CC(=O)c1c(C)[nH]c(C(=O)OCC(=O)N[C@@H](C)c2cccs2)c1C. The molecule has 2 heterocycles. The molecule has 1 atom stereocenters. The molecular formula is C17H20N2O4S. The molecular weight excluding hydrogens is 328 g/mol. The molecule has 0 fully saturated rings. The fraction of sp³-hybridized carbons (Fsp3) is 0.353. The molecule has 24 heavy (non-hydrogen) atoms. The number of thiophene rings is 1. The van der Waals surface area contributed by atoms with E-state index in [0.717, 1.165) is 4.88 Å². The Morgan fingerprint density at radius 1 is 1.33 bits per heavy atom. The molecule has 0 spiro atoms. The standard InChI is InChI=1S/C17H20N2O4S/c1-9-15(12(4)20)11(3)19-16(9)17(22)23-8-14(21)18-10(2)13-6-5-7-24-13/h5-7,10,19H,8H2,1-4H3,(H,18,21)/t10-/m0/s1. The minimum atomic E-state index is -0.651. The maximum atomic E-state index is 12.1. The van der Waals surface area contributed by atoms with Crippen molar-refractivity contribution >= 4 is 29.0 Å². The number of carbonyl (C=O) groups is 3. The number of aryl methyl sites for hydroxylation is 1. The predicted octanol–water partition coefficient (Wildman–Crippen LogP) is 2.93. The van der Waals surface area contributed by atoms with Gasteiger partial charge in [0.05, 0.1) is 6.04 Å². The number of ether oxygens (including phenoxy) is 1. The zero-order valence-electron chi connectivity index (χ0n) is 14.1. The molecule has 0 aromatic carbocycles. The quantitative estimate of drug-likeness (QED) is 0.620. The maximum absolute atomic E-state index is 12.1. The Hall–Kier alpha value is -2.41. The van der Waals surface area contributed by atoms with Crippen LogP contribution in [0.5, 0.6) is 0 Å². The second kappa shape index (κ2) is 7.44. The summed E-state index contributed by atoms with van der Waals surface area (Å²) in [6.07, 6.45) is 0. The van der Waals surface area contributed by atoms with Crippen molar-refractivity contribution in [3.05, 3.63) is 44.9 Å². The van der Waals surface area contributed by atoms with Gasteiger partial charge in [-0.15, -0.1) is 11.3 Å². The molecule has 2 aromatic heterocycles. The van der Waals surface area contributed by atoms with Crippen LogP contribution >= 0.6 is 11.3 Å². The summed E-state index contributed by atoms with van der Waals surface area (Å²) in [7, 11) is 0. The molecule has 0 aliphatic carbocycles. The second-order valence-electron chi connectivity index (χ2n) is 5.56. The number of amides is 1. The van der Waals surface area contributed by atoms with E-state index in [4.69, 9.17) is 4.74 Å². The van der Waals surface area contributed by atoms with Crippen molar-refractivity contribution in [3.63, 3.8) is 0 Å². The molecule has 0 bridgehead atoms. The molecule has 2 rings (SSSR count). The van der Waals surface area contributed by atoms with E-state index in [0.29, 0.717) is 16.8 Å². The van der Waals surface area contributed by atoms with Gasteiger partial charge in [0.15, 0.2) is 12.4 Å². The number of rotatable bonds is 6. The van der Waals surface area contributed by atoms with Crippen LogP contribution in [-0.4, -0.2) is 29.3 Å². The van der Waals surface area contributed by atoms with E-state index in [-0.39, 0.29) is 30.0 Å². The number of esters is 1. The number of aromatic amines is 1. The first-order valence-electron chi connectivity index (χ1n) is 7.51. The van der Waals surface area contributed by atoms with Gasteiger partial charge in [-0.1, -0.05) is 6.07 Å². The molecule has 0 saturated carbocycles. The van der Waals surface area contributed by atoms with Gasteiger partial charge < -0.3 is 15.0 Å². The van der Waals surface area contributed by atoms with Gasteiger partial charge in [-0.2, -0.15) is 0 Å². The summed E-state index contributed by atoms with van der Waals surface area (Å²) in [6.45, 7) is 6.33. The fourth-order valence-corrected chi connectivity index (χ4v) is 3.31. The monoisotopic (exact) mass is 348 g/mol. The first-order chi connectivity index (χ1) is 11.3. The predicted molar refractivity (Wildman–Crippen MR) is 91.4 cm³/mol. The van der Waals surface area contributed by atoms with E-state index in [1.54, 1.807) is 25.2 Å². The summed E-state index contributed by atoms with van der Waals surface area (Å²) in [4.78, 5) is 39.5. The van der Waals surface area contributed by atoms with Crippen molar-refractivity contribution in [3.8, 4) is 0 Å². The summed E-state index contributed by atoms with van der Waals surface area (Å²) in [6, 6.07) is 3.69. The van der Waals surface area contributed by atoms with Gasteiger partial charge in [-0.3, -0.25) is 9.59 Å². The minimum absolute atomic E-state index is 0.122. The Bertz CT molecular complexity index is 762. The highest BCUT2D eigenvalue weighted by atomic mass is 32.1. The normalized spacial score (nSPS) is 11.8. The molecule has 0 aliphatic rings. The summed E-state index contributed by atoms with van der Waals surface area (Å²) in [5.41, 5.74) is 1.84. The number of ketones is 1. The lowest BCUT2D eigenvalue weighted by Gasteiger charge is -2.12. The van der Waals surface area contributed by atoms with E-state index < -0.39 is 5.97 Å². The minimum Gasteiger partial charge on any atom is -0.451 e. The van der Waals surface area contributed by atoms with E-state index in [1.165, 1.54) is 6.92 Å². The lowest BCUT2D eigenvalue weighted by Crippen LogP contribution is -2.30. The third-order valence-electron chi connectivity index (χ3n) is 3.68. The van der Waals surface area contributed by atoms with E-state index in [1.807, 2.05) is 24.4 Å². The molecule has 0 radical (unpaired) electrons. The molecule has 6 nitrogen and oxygen atoms in total. The molecule has 7 heteroatoms. The summed E-state index contributed by atoms with van der Waals surface area (Å²) < 4.78 is 5.05. The van der Waals surface area contributed by atoms with Gasteiger partial charge in [-0.25, -0.2) is 4.79 Å². The third-order valence-corrected chi connectivity index (χ3v) is 4.73. The Morgan fingerprint density at radius 3 is 2.58 bits per heavy atom. The highest BCUT2D eigenvalue weighted by Gasteiger charge is 2.21. The maximum Gasteiger partial charge on any atom is 0.355 e. The smallest absolute Gasteiger partial charge is 0.355 e. The van der Waals surface area contributed by atoms with Crippen molar-refractivity contribution in [1.82, 2.24) is 10.3 Å². The fourth-order valence-electron chi connectivity index (χ4n) is 2.58. The number of aromatic nitrogens is 1. The zero-order valence-corrected chi connectivity index (χ0v) is 14.9. The van der Waals surface area contributed by atoms with Gasteiger partial charge in [0, 0.05) is 16.1 Å². The zero-order chi connectivity index (χ0) is 17.9. The van der Waals surface area contributed by atoms with E-state index >= 15 is 0 Å². The number of H-pyrrole nitrogens is 1.